The van der Waals surface area contributed by atoms with Gasteiger partial charge in [-0.15, -0.1) is 3.89 Å². The first-order chi connectivity index (χ1) is 7.05. The van der Waals surface area contributed by atoms with Crippen molar-refractivity contribution < 1.29 is 12.3 Å². The second kappa shape index (κ2) is 4.91. The van der Waals surface area contributed by atoms with Gasteiger partial charge in [-0.25, -0.2) is 0 Å². The van der Waals surface area contributed by atoms with E-state index in [2.05, 4.69) is 11.8 Å². The van der Waals surface area contributed by atoms with Crippen LogP contribution in [0.3, 0.4) is 0 Å². The van der Waals surface area contributed by atoms with Crippen LogP contribution in [0.15, 0.2) is 29.2 Å². The third kappa shape index (κ3) is 3.35. The molecule has 0 bridgehead atoms. The van der Waals surface area contributed by atoms with Crippen molar-refractivity contribution in [2.75, 3.05) is 6.54 Å². The maximum atomic E-state index is 12.8. The Kier molecular flexibility index (Phi) is 3.83. The highest BCUT2D eigenvalue weighted by atomic mass is 32.3. The first kappa shape index (κ1) is 11.7. The molecule has 0 aliphatic heterocycles. The van der Waals surface area contributed by atoms with Gasteiger partial charge in [-0.2, -0.15) is 8.42 Å². The number of halogens is 1. The highest BCUT2D eigenvalue weighted by molar-refractivity contribution is 7.86. The van der Waals surface area contributed by atoms with E-state index in [0.717, 1.165) is 0 Å². The van der Waals surface area contributed by atoms with Crippen LogP contribution in [-0.4, -0.2) is 15.0 Å². The molecule has 0 unspecified atom stereocenters. The van der Waals surface area contributed by atoms with Crippen LogP contribution in [0.4, 0.5) is 3.89 Å². The van der Waals surface area contributed by atoms with E-state index in [0.29, 0.717) is 13.0 Å². The van der Waals surface area contributed by atoms with Gasteiger partial charge < -0.3 is 5.73 Å². The second-order valence-corrected chi connectivity index (χ2v) is 4.09. The molecule has 0 aliphatic carbocycles. The average Bonchev–Trinajstić information content (AvgIpc) is 2.17. The Morgan fingerprint density at radius 3 is 2.60 bits per heavy atom. The Labute approximate surface area is 88.3 Å². The Balaban J connectivity index is 3.15. The maximum absolute atomic E-state index is 12.8. The molecule has 3 nitrogen and oxygen atoms in total. The molecule has 0 fully saturated rings. The highest BCUT2D eigenvalue weighted by Gasteiger charge is 2.14. The molecule has 0 aliphatic rings. The van der Waals surface area contributed by atoms with Crippen molar-refractivity contribution >= 4 is 10.2 Å². The van der Waals surface area contributed by atoms with E-state index < -0.39 is 15.1 Å². The quantitative estimate of drug-likeness (QED) is 0.606. The molecule has 0 atom stereocenters. The van der Waals surface area contributed by atoms with Crippen molar-refractivity contribution in [1.82, 2.24) is 0 Å². The smallest absolute Gasteiger partial charge is 0.330 e. The standard InChI is InChI=1S/C10H10FNO2S/c11-15(13,14)10-7-2-1-5-9(10)6-3-4-8-12/h1-2,5,7H,4,8,12H2. The van der Waals surface area contributed by atoms with Gasteiger partial charge in [-0.1, -0.05) is 24.0 Å². The lowest BCUT2D eigenvalue weighted by atomic mass is 10.2. The van der Waals surface area contributed by atoms with E-state index in [1.165, 1.54) is 18.2 Å². The van der Waals surface area contributed by atoms with E-state index in [9.17, 15) is 12.3 Å². The third-order valence-electron chi connectivity index (χ3n) is 1.64. The Bertz CT molecular complexity index is 500. The first-order valence-electron chi connectivity index (χ1n) is 4.28. The fraction of sp³-hybridized carbons (Fsp3) is 0.200. The highest BCUT2D eigenvalue weighted by Crippen LogP contribution is 2.16. The molecule has 2 N–H and O–H groups in total. The van der Waals surface area contributed by atoms with Crippen LogP contribution in [0, 0.1) is 11.8 Å². The molecule has 5 heteroatoms. The minimum absolute atomic E-state index is 0.161. The number of benzene rings is 1. The molecule has 0 amide bonds. The first-order valence-corrected chi connectivity index (χ1v) is 5.66. The summed E-state index contributed by atoms with van der Waals surface area (Å²) in [6.07, 6.45) is 0.445. The molecule has 15 heavy (non-hydrogen) atoms. The minimum Gasteiger partial charge on any atom is -0.330 e. The van der Waals surface area contributed by atoms with Crippen molar-refractivity contribution in [1.29, 1.82) is 0 Å². The summed E-state index contributed by atoms with van der Waals surface area (Å²) in [4.78, 5) is -0.394. The molecule has 1 rings (SSSR count). The van der Waals surface area contributed by atoms with Crippen LogP contribution in [0.1, 0.15) is 12.0 Å². The van der Waals surface area contributed by atoms with Crippen molar-refractivity contribution in [3.8, 4) is 11.8 Å². The summed E-state index contributed by atoms with van der Waals surface area (Å²) in [5.74, 6) is 5.23. The van der Waals surface area contributed by atoms with Gasteiger partial charge in [0.1, 0.15) is 4.90 Å². The second-order valence-electron chi connectivity index (χ2n) is 2.77. The lowest BCUT2D eigenvalue weighted by molar-refractivity contribution is 0.552. The van der Waals surface area contributed by atoms with Crippen molar-refractivity contribution in [2.24, 2.45) is 5.73 Å². The Morgan fingerprint density at radius 1 is 1.33 bits per heavy atom. The van der Waals surface area contributed by atoms with Gasteiger partial charge >= 0.3 is 10.2 Å². The van der Waals surface area contributed by atoms with Crippen LogP contribution >= 0.6 is 0 Å². The number of hydrogen-bond acceptors (Lipinski definition) is 3. The molecule has 0 radical (unpaired) electrons. The number of hydrogen-bond donors (Lipinski definition) is 1. The largest absolute Gasteiger partial charge is 0.333 e. The normalized spacial score (nSPS) is 10.5. The van der Waals surface area contributed by atoms with E-state index >= 15 is 0 Å². The van der Waals surface area contributed by atoms with E-state index in [1.807, 2.05) is 0 Å². The van der Waals surface area contributed by atoms with Crippen LogP contribution < -0.4 is 5.73 Å². The molecule has 1 aromatic rings. The molecule has 0 heterocycles. The topological polar surface area (TPSA) is 60.2 Å². The van der Waals surface area contributed by atoms with Crippen LogP contribution in [0.5, 0.6) is 0 Å². The summed E-state index contributed by atoms with van der Waals surface area (Å²) in [5, 5.41) is 0. The zero-order valence-electron chi connectivity index (χ0n) is 7.90. The molecular weight excluding hydrogens is 217 g/mol. The fourth-order valence-corrected chi connectivity index (χ4v) is 1.64. The van der Waals surface area contributed by atoms with E-state index in [4.69, 9.17) is 5.73 Å². The van der Waals surface area contributed by atoms with Crippen molar-refractivity contribution in [3.63, 3.8) is 0 Å². The van der Waals surface area contributed by atoms with E-state index in [-0.39, 0.29) is 5.56 Å². The predicted molar refractivity (Wildman–Crippen MR) is 55.3 cm³/mol. The summed E-state index contributed by atoms with van der Waals surface area (Å²) in [5.41, 5.74) is 5.38. The van der Waals surface area contributed by atoms with Crippen LogP contribution in [0.2, 0.25) is 0 Å². The monoisotopic (exact) mass is 227 g/mol. The molecular formula is C10H10FNO2S. The van der Waals surface area contributed by atoms with Crippen LogP contribution in [-0.2, 0) is 10.2 Å². The maximum Gasteiger partial charge on any atom is 0.333 e. The van der Waals surface area contributed by atoms with Gasteiger partial charge in [0.05, 0.1) is 0 Å². The van der Waals surface area contributed by atoms with Gasteiger partial charge in [-0.3, -0.25) is 0 Å². The van der Waals surface area contributed by atoms with Gasteiger partial charge in [0.25, 0.3) is 0 Å². The Morgan fingerprint density at radius 2 is 2.00 bits per heavy atom. The Hall–Kier alpha value is -1.38. The zero-order chi connectivity index (χ0) is 11.3. The summed E-state index contributed by atoms with van der Waals surface area (Å²) in [6, 6.07) is 5.68. The van der Waals surface area contributed by atoms with Crippen molar-refractivity contribution in [3.05, 3.63) is 29.8 Å². The van der Waals surface area contributed by atoms with Gasteiger partial charge in [0.2, 0.25) is 0 Å². The van der Waals surface area contributed by atoms with Crippen LogP contribution in [0.25, 0.3) is 0 Å². The summed E-state index contributed by atoms with van der Waals surface area (Å²) < 4.78 is 34.2. The number of rotatable bonds is 2. The lowest BCUT2D eigenvalue weighted by Crippen LogP contribution is -1.97. The fourth-order valence-electron chi connectivity index (χ4n) is 1.01. The minimum atomic E-state index is -4.70. The molecule has 0 spiro atoms. The predicted octanol–water partition coefficient (Wildman–Crippen LogP) is 1.05. The summed E-state index contributed by atoms with van der Waals surface area (Å²) in [6.45, 7) is 0.386. The summed E-state index contributed by atoms with van der Waals surface area (Å²) >= 11 is 0. The third-order valence-corrected chi connectivity index (χ3v) is 2.52. The number of nitrogens with two attached hydrogens (primary N) is 1. The summed E-state index contributed by atoms with van der Waals surface area (Å²) in [7, 11) is -4.70. The average molecular weight is 227 g/mol. The molecule has 0 aromatic heterocycles. The molecule has 0 saturated carbocycles. The molecule has 80 valence electrons. The SMILES string of the molecule is NCCC#Cc1ccccc1S(=O)(=O)F. The molecule has 1 aromatic carbocycles. The van der Waals surface area contributed by atoms with Gasteiger partial charge in [0.15, 0.2) is 0 Å². The van der Waals surface area contributed by atoms with E-state index in [1.54, 1.807) is 6.07 Å². The lowest BCUT2D eigenvalue weighted by Gasteiger charge is -1.97. The van der Waals surface area contributed by atoms with Crippen molar-refractivity contribution in [2.45, 2.75) is 11.3 Å². The zero-order valence-corrected chi connectivity index (χ0v) is 8.72. The molecule has 0 saturated heterocycles. The van der Waals surface area contributed by atoms with Gasteiger partial charge in [-0.05, 0) is 12.1 Å². The van der Waals surface area contributed by atoms with Gasteiger partial charge in [0, 0.05) is 18.5 Å².